The van der Waals surface area contributed by atoms with Gasteiger partial charge in [-0.25, -0.2) is 0 Å². The highest BCUT2D eigenvalue weighted by Crippen LogP contribution is 2.39. The average Bonchev–Trinajstić information content (AvgIpc) is 2.74. The molecular weight excluding hydrogens is 276 g/mol. The van der Waals surface area contributed by atoms with Crippen LogP contribution in [-0.4, -0.2) is 62.0 Å². The van der Waals surface area contributed by atoms with E-state index in [1.165, 1.54) is 58.2 Å². The molecule has 1 aliphatic carbocycles. The third-order valence-corrected chi connectivity index (χ3v) is 6.54. The SMILES string of the molecule is COC1CC(OC2CC3CCC(C2)N3CC2CCNCC2)C1. The Morgan fingerprint density at radius 1 is 0.864 bits per heavy atom. The summed E-state index contributed by atoms with van der Waals surface area (Å²) in [6.07, 6.45) is 11.8. The van der Waals surface area contributed by atoms with E-state index in [2.05, 4.69) is 10.2 Å². The lowest BCUT2D eigenvalue weighted by Gasteiger charge is -2.44. The standard InChI is InChI=1S/C18H32N2O2/c1-21-16-10-18(11-16)22-17-8-14-2-3-15(9-17)20(14)12-13-4-6-19-7-5-13/h13-19H,2-12H2,1H3. The predicted octanol–water partition coefficient (Wildman–Crippen LogP) is 2.18. The van der Waals surface area contributed by atoms with Crippen molar-refractivity contribution in [1.29, 1.82) is 0 Å². The molecule has 0 spiro atoms. The number of nitrogens with zero attached hydrogens (tertiary/aromatic N) is 1. The van der Waals surface area contributed by atoms with E-state index >= 15 is 0 Å². The Balaban J connectivity index is 1.26. The zero-order valence-corrected chi connectivity index (χ0v) is 14.0. The van der Waals surface area contributed by atoms with E-state index in [9.17, 15) is 0 Å². The minimum Gasteiger partial charge on any atom is -0.381 e. The summed E-state index contributed by atoms with van der Waals surface area (Å²) in [5.41, 5.74) is 0. The third kappa shape index (κ3) is 3.21. The van der Waals surface area contributed by atoms with Gasteiger partial charge in [0.25, 0.3) is 0 Å². The van der Waals surface area contributed by atoms with Crippen LogP contribution >= 0.6 is 0 Å². The lowest BCUT2D eigenvalue weighted by molar-refractivity contribution is -0.134. The van der Waals surface area contributed by atoms with Crippen LogP contribution in [0.2, 0.25) is 0 Å². The van der Waals surface area contributed by atoms with Gasteiger partial charge in [0.2, 0.25) is 0 Å². The van der Waals surface area contributed by atoms with Crippen molar-refractivity contribution in [2.75, 3.05) is 26.7 Å². The first-order valence-corrected chi connectivity index (χ1v) is 9.46. The highest BCUT2D eigenvalue weighted by Gasteiger charge is 2.43. The quantitative estimate of drug-likeness (QED) is 0.844. The maximum atomic E-state index is 6.36. The molecule has 0 aromatic rings. The topological polar surface area (TPSA) is 33.7 Å². The van der Waals surface area contributed by atoms with Crippen LogP contribution < -0.4 is 5.32 Å². The van der Waals surface area contributed by atoms with Crippen LogP contribution in [0.25, 0.3) is 0 Å². The van der Waals surface area contributed by atoms with Crippen LogP contribution in [0.1, 0.15) is 51.4 Å². The maximum absolute atomic E-state index is 6.36. The van der Waals surface area contributed by atoms with E-state index < -0.39 is 0 Å². The van der Waals surface area contributed by atoms with Crippen molar-refractivity contribution in [1.82, 2.24) is 10.2 Å². The van der Waals surface area contributed by atoms with Gasteiger partial charge < -0.3 is 14.8 Å². The van der Waals surface area contributed by atoms with Gasteiger partial charge in [-0.15, -0.1) is 0 Å². The summed E-state index contributed by atoms with van der Waals surface area (Å²) in [7, 11) is 1.82. The molecule has 2 bridgehead atoms. The van der Waals surface area contributed by atoms with Crippen LogP contribution in [0.4, 0.5) is 0 Å². The number of fused-ring (bicyclic) bond motifs is 2. The lowest BCUT2D eigenvalue weighted by atomic mass is 9.90. The van der Waals surface area contributed by atoms with Gasteiger partial charge in [0.15, 0.2) is 0 Å². The van der Waals surface area contributed by atoms with Crippen molar-refractivity contribution < 1.29 is 9.47 Å². The van der Waals surface area contributed by atoms with Crippen LogP contribution in [0.3, 0.4) is 0 Å². The van der Waals surface area contributed by atoms with Gasteiger partial charge >= 0.3 is 0 Å². The largest absolute Gasteiger partial charge is 0.381 e. The molecule has 1 saturated carbocycles. The van der Waals surface area contributed by atoms with Crippen LogP contribution in [0, 0.1) is 5.92 Å². The number of hydrogen-bond acceptors (Lipinski definition) is 4. The zero-order valence-electron chi connectivity index (χ0n) is 14.0. The minimum atomic E-state index is 0.460. The normalized spacial score (nSPS) is 43.2. The molecule has 3 heterocycles. The molecule has 0 aromatic carbocycles. The molecule has 4 aliphatic rings. The number of nitrogens with one attached hydrogen (secondary N) is 1. The summed E-state index contributed by atoms with van der Waals surface area (Å²) in [6.45, 7) is 3.79. The Bertz CT molecular complexity index is 352. The molecule has 0 radical (unpaired) electrons. The Morgan fingerprint density at radius 3 is 2.14 bits per heavy atom. The van der Waals surface area contributed by atoms with Crippen molar-refractivity contribution in [3.8, 4) is 0 Å². The van der Waals surface area contributed by atoms with Crippen LogP contribution in [0.5, 0.6) is 0 Å². The molecule has 4 rings (SSSR count). The van der Waals surface area contributed by atoms with Gasteiger partial charge in [0.1, 0.15) is 0 Å². The summed E-state index contributed by atoms with van der Waals surface area (Å²) in [5.74, 6) is 0.927. The maximum Gasteiger partial charge on any atom is 0.0628 e. The van der Waals surface area contributed by atoms with Crippen molar-refractivity contribution in [3.63, 3.8) is 0 Å². The van der Waals surface area contributed by atoms with Crippen molar-refractivity contribution >= 4 is 0 Å². The molecular formula is C18H32N2O2. The highest BCUT2D eigenvalue weighted by molar-refractivity contribution is 4.97. The van der Waals surface area contributed by atoms with Gasteiger partial charge in [0, 0.05) is 25.7 Å². The molecule has 1 N–H and O–H groups in total. The van der Waals surface area contributed by atoms with Crippen molar-refractivity contribution in [2.24, 2.45) is 5.92 Å². The molecule has 126 valence electrons. The summed E-state index contributed by atoms with van der Waals surface area (Å²) < 4.78 is 11.7. The van der Waals surface area contributed by atoms with E-state index in [0.29, 0.717) is 18.3 Å². The molecule has 22 heavy (non-hydrogen) atoms. The molecule has 0 amide bonds. The molecule has 3 saturated heterocycles. The number of methoxy groups -OCH3 is 1. The van der Waals surface area contributed by atoms with E-state index in [1.54, 1.807) is 0 Å². The second kappa shape index (κ2) is 6.76. The van der Waals surface area contributed by atoms with Crippen molar-refractivity contribution in [3.05, 3.63) is 0 Å². The first-order chi connectivity index (χ1) is 10.8. The number of piperidine rings is 2. The second-order valence-electron chi connectivity index (χ2n) is 7.96. The molecule has 4 fully saturated rings. The van der Waals surface area contributed by atoms with Gasteiger partial charge in [-0.2, -0.15) is 0 Å². The summed E-state index contributed by atoms with van der Waals surface area (Å²) in [5, 5.41) is 3.49. The van der Waals surface area contributed by atoms with Crippen LogP contribution in [0.15, 0.2) is 0 Å². The zero-order chi connectivity index (χ0) is 14.9. The monoisotopic (exact) mass is 308 g/mol. The van der Waals surface area contributed by atoms with E-state index in [0.717, 1.165) is 30.8 Å². The number of hydrogen-bond donors (Lipinski definition) is 1. The smallest absolute Gasteiger partial charge is 0.0628 e. The Morgan fingerprint density at radius 2 is 1.50 bits per heavy atom. The van der Waals surface area contributed by atoms with Crippen LogP contribution in [-0.2, 0) is 9.47 Å². The molecule has 2 atom stereocenters. The lowest BCUT2D eigenvalue weighted by Crippen LogP contribution is -2.50. The predicted molar refractivity (Wildman–Crippen MR) is 87.0 cm³/mol. The Kier molecular flexibility index (Phi) is 4.72. The Hall–Kier alpha value is -0.160. The summed E-state index contributed by atoms with van der Waals surface area (Å²) >= 11 is 0. The minimum absolute atomic E-state index is 0.460. The van der Waals surface area contributed by atoms with Gasteiger partial charge in [-0.05, 0) is 70.4 Å². The molecule has 4 nitrogen and oxygen atoms in total. The molecule has 4 heteroatoms. The fraction of sp³-hybridized carbons (Fsp3) is 1.00. The molecule has 2 unspecified atom stereocenters. The first-order valence-electron chi connectivity index (χ1n) is 9.46. The molecule has 0 aromatic heterocycles. The number of rotatable bonds is 5. The van der Waals surface area contributed by atoms with E-state index in [4.69, 9.17) is 9.47 Å². The molecule has 3 aliphatic heterocycles. The average molecular weight is 308 g/mol. The third-order valence-electron chi connectivity index (χ3n) is 6.54. The highest BCUT2D eigenvalue weighted by atomic mass is 16.5. The number of ether oxygens (including phenoxy) is 2. The van der Waals surface area contributed by atoms with Gasteiger partial charge in [-0.3, -0.25) is 4.90 Å². The summed E-state index contributed by atoms with van der Waals surface area (Å²) in [6, 6.07) is 1.61. The second-order valence-corrected chi connectivity index (χ2v) is 7.96. The van der Waals surface area contributed by atoms with E-state index in [-0.39, 0.29) is 0 Å². The van der Waals surface area contributed by atoms with Crippen molar-refractivity contribution in [2.45, 2.75) is 81.8 Å². The van der Waals surface area contributed by atoms with E-state index in [1.807, 2.05) is 7.11 Å². The fourth-order valence-electron chi connectivity index (χ4n) is 5.09. The summed E-state index contributed by atoms with van der Waals surface area (Å²) in [4.78, 5) is 2.86. The van der Waals surface area contributed by atoms with Gasteiger partial charge in [0.05, 0.1) is 18.3 Å². The first kappa shape index (κ1) is 15.4. The van der Waals surface area contributed by atoms with Gasteiger partial charge in [-0.1, -0.05) is 0 Å². The Labute approximate surface area is 134 Å². The fourth-order valence-corrected chi connectivity index (χ4v) is 5.09.